The third kappa shape index (κ3) is 3.54. The summed E-state index contributed by atoms with van der Waals surface area (Å²) in [5, 5.41) is 15.4. The highest BCUT2D eigenvalue weighted by Crippen LogP contribution is 2.56. The van der Waals surface area contributed by atoms with Crippen molar-refractivity contribution in [2.45, 2.75) is 56.8 Å². The van der Waals surface area contributed by atoms with E-state index in [-0.39, 0.29) is 30.4 Å². The number of nitrogens with one attached hydrogen (secondary N) is 2. The first-order valence-corrected chi connectivity index (χ1v) is 12.4. The molecule has 3 saturated heterocycles. The van der Waals surface area contributed by atoms with Gasteiger partial charge in [0.2, 0.25) is 17.7 Å². The van der Waals surface area contributed by atoms with Crippen molar-refractivity contribution in [1.82, 2.24) is 10.6 Å². The second kappa shape index (κ2) is 8.27. The van der Waals surface area contributed by atoms with E-state index < -0.39 is 41.4 Å². The van der Waals surface area contributed by atoms with Crippen LogP contribution in [0.4, 0.5) is 0 Å². The van der Waals surface area contributed by atoms with E-state index in [2.05, 4.69) is 16.7 Å². The highest BCUT2D eigenvalue weighted by Gasteiger charge is 2.69. The fraction of sp³-hybridized carbons (Fsp3) is 0.519. The number of rotatable bonds is 8. The number of amides is 3. The molecule has 2 unspecified atom stereocenters. The van der Waals surface area contributed by atoms with Crippen molar-refractivity contribution in [3.05, 3.63) is 34.9 Å². The summed E-state index contributed by atoms with van der Waals surface area (Å²) in [5.74, 6) is -1.60. The zero-order valence-corrected chi connectivity index (χ0v) is 19.9. The molecule has 186 valence electrons. The standard InChI is InChI=1S/C27H27N3O6/c1-35-19-4-2-3-14-8-15(9-16(14)19)24(32)29-17(7-13-5-6-13)18(31)10-27(12-28)11-20-21-22(23(27)36-20)26(34)30-25(21)33/h2-4,9,13,17,20-23H,5-8,10-11H2,1H3,(H,29,32)(H,30,33,34)/t17?,20-,21-,22-,23-,27?/m0/s1. The van der Waals surface area contributed by atoms with Crippen LogP contribution >= 0.6 is 0 Å². The molecule has 4 fully saturated rings. The highest BCUT2D eigenvalue weighted by atomic mass is 16.5. The number of carbonyl (C=O) groups excluding carboxylic acids is 4. The molecule has 9 nitrogen and oxygen atoms in total. The van der Waals surface area contributed by atoms with Gasteiger partial charge in [0, 0.05) is 24.0 Å². The molecule has 3 amide bonds. The van der Waals surface area contributed by atoms with Crippen molar-refractivity contribution in [3.63, 3.8) is 0 Å². The normalized spacial score (nSPS) is 32.3. The Morgan fingerprint density at radius 1 is 1.28 bits per heavy atom. The fourth-order valence-corrected chi connectivity index (χ4v) is 6.45. The monoisotopic (exact) mass is 489 g/mol. The summed E-state index contributed by atoms with van der Waals surface area (Å²) in [6.07, 6.45) is 3.55. The zero-order valence-electron chi connectivity index (χ0n) is 19.9. The number of fused-ring (bicyclic) bond motifs is 6. The molecule has 6 atom stereocenters. The third-order valence-electron chi connectivity index (χ3n) is 8.44. The number of carbonyl (C=O) groups is 4. The molecule has 5 aliphatic rings. The van der Waals surface area contributed by atoms with Crippen LogP contribution in [0.2, 0.25) is 0 Å². The summed E-state index contributed by atoms with van der Waals surface area (Å²) < 4.78 is 11.3. The Morgan fingerprint density at radius 3 is 2.78 bits per heavy atom. The number of ether oxygens (including phenoxy) is 2. The van der Waals surface area contributed by atoms with Crippen LogP contribution in [0.15, 0.2) is 23.8 Å². The maximum atomic E-state index is 13.6. The van der Waals surface area contributed by atoms with Gasteiger partial charge >= 0.3 is 0 Å². The molecule has 2 bridgehead atoms. The summed E-state index contributed by atoms with van der Waals surface area (Å²) in [6.45, 7) is 0. The number of methoxy groups -OCH3 is 1. The van der Waals surface area contributed by atoms with Gasteiger partial charge in [-0.1, -0.05) is 25.0 Å². The Morgan fingerprint density at radius 2 is 2.06 bits per heavy atom. The lowest BCUT2D eigenvalue weighted by Crippen LogP contribution is -2.48. The second-order valence-corrected chi connectivity index (χ2v) is 10.7. The molecule has 0 aromatic heterocycles. The lowest BCUT2D eigenvalue weighted by atomic mass is 9.64. The predicted molar refractivity (Wildman–Crippen MR) is 125 cm³/mol. The number of benzene rings is 1. The van der Waals surface area contributed by atoms with Crippen molar-refractivity contribution in [2.75, 3.05) is 7.11 Å². The van der Waals surface area contributed by atoms with Crippen molar-refractivity contribution in [1.29, 1.82) is 5.26 Å². The van der Waals surface area contributed by atoms with Gasteiger partial charge in [-0.25, -0.2) is 0 Å². The molecule has 9 heteroatoms. The highest BCUT2D eigenvalue weighted by molar-refractivity contribution is 6.06. The predicted octanol–water partition coefficient (Wildman–Crippen LogP) is 1.45. The maximum Gasteiger partial charge on any atom is 0.248 e. The van der Waals surface area contributed by atoms with Gasteiger partial charge in [0.1, 0.15) is 5.75 Å². The minimum Gasteiger partial charge on any atom is -0.496 e. The minimum atomic E-state index is -1.19. The lowest BCUT2D eigenvalue weighted by Gasteiger charge is -2.33. The van der Waals surface area contributed by atoms with Crippen LogP contribution < -0.4 is 15.4 Å². The van der Waals surface area contributed by atoms with E-state index in [1.807, 2.05) is 18.2 Å². The van der Waals surface area contributed by atoms with Gasteiger partial charge in [-0.15, -0.1) is 0 Å². The van der Waals surface area contributed by atoms with E-state index in [1.54, 1.807) is 13.2 Å². The van der Waals surface area contributed by atoms with Crippen LogP contribution in [-0.2, 0) is 30.3 Å². The molecule has 2 aliphatic carbocycles. The van der Waals surface area contributed by atoms with Gasteiger partial charge < -0.3 is 14.8 Å². The van der Waals surface area contributed by atoms with Crippen LogP contribution in [0.1, 0.15) is 43.2 Å². The van der Waals surface area contributed by atoms with Crippen molar-refractivity contribution >= 4 is 29.6 Å². The van der Waals surface area contributed by atoms with Crippen molar-refractivity contribution in [2.24, 2.45) is 23.2 Å². The first-order valence-electron chi connectivity index (χ1n) is 12.4. The van der Waals surface area contributed by atoms with Gasteiger partial charge in [-0.3, -0.25) is 24.5 Å². The van der Waals surface area contributed by atoms with Crippen molar-refractivity contribution < 1.29 is 28.7 Å². The summed E-state index contributed by atoms with van der Waals surface area (Å²) in [5.41, 5.74) is 1.24. The first-order chi connectivity index (χ1) is 17.3. The number of nitriles is 1. The molecule has 36 heavy (non-hydrogen) atoms. The third-order valence-corrected chi connectivity index (χ3v) is 8.44. The van der Waals surface area contributed by atoms with Crippen LogP contribution in [0.25, 0.3) is 6.08 Å². The number of imide groups is 1. The van der Waals surface area contributed by atoms with E-state index in [4.69, 9.17) is 9.47 Å². The number of nitrogens with zero attached hydrogens (tertiary/aromatic N) is 1. The van der Waals surface area contributed by atoms with Gasteiger partial charge in [0.15, 0.2) is 5.78 Å². The molecule has 1 saturated carbocycles. The average Bonchev–Trinajstić information content (AvgIpc) is 3.19. The van der Waals surface area contributed by atoms with Crippen LogP contribution in [0, 0.1) is 34.5 Å². The van der Waals surface area contributed by atoms with Gasteiger partial charge in [-0.2, -0.15) is 5.26 Å². The van der Waals surface area contributed by atoms with Crippen molar-refractivity contribution in [3.8, 4) is 11.8 Å². The molecular formula is C27H27N3O6. The Hall–Kier alpha value is -3.51. The van der Waals surface area contributed by atoms with E-state index in [0.717, 1.165) is 24.0 Å². The van der Waals surface area contributed by atoms with Gasteiger partial charge in [0.05, 0.1) is 48.7 Å². The smallest absolute Gasteiger partial charge is 0.248 e. The van der Waals surface area contributed by atoms with Crippen LogP contribution in [0.5, 0.6) is 5.75 Å². The minimum absolute atomic E-state index is 0.125. The van der Waals surface area contributed by atoms with E-state index in [9.17, 15) is 24.4 Å². The SMILES string of the molecule is COc1cccc2c1C=C(C(=O)NC(CC1CC1)C(=O)CC1(C#N)C[C@@H]3O[C@H]1[C@H]1C(=O)NC(=O)[C@H]13)C2. The molecule has 1 aromatic rings. The molecule has 0 radical (unpaired) electrons. The maximum absolute atomic E-state index is 13.6. The summed E-state index contributed by atoms with van der Waals surface area (Å²) in [4.78, 5) is 51.3. The molecule has 3 heterocycles. The molecule has 1 aromatic carbocycles. The van der Waals surface area contributed by atoms with Crippen LogP contribution in [0.3, 0.4) is 0 Å². The number of hydrogen-bond acceptors (Lipinski definition) is 7. The Bertz CT molecular complexity index is 1260. The summed E-state index contributed by atoms with van der Waals surface area (Å²) in [7, 11) is 1.59. The fourth-order valence-electron chi connectivity index (χ4n) is 6.45. The molecule has 6 rings (SSSR count). The second-order valence-electron chi connectivity index (χ2n) is 10.7. The lowest BCUT2D eigenvalue weighted by molar-refractivity contribution is -0.130. The Balaban J connectivity index is 1.19. The molecular weight excluding hydrogens is 462 g/mol. The van der Waals surface area contributed by atoms with Gasteiger partial charge in [0.25, 0.3) is 0 Å². The molecule has 3 aliphatic heterocycles. The molecule has 2 N–H and O–H groups in total. The van der Waals surface area contributed by atoms with Crippen LogP contribution in [-0.4, -0.2) is 48.9 Å². The number of Topliss-reactive ketones (excluding diaryl/α,β-unsaturated/α-hetero) is 1. The largest absolute Gasteiger partial charge is 0.496 e. The molecule has 0 spiro atoms. The Labute approximate surface area is 208 Å². The van der Waals surface area contributed by atoms with Gasteiger partial charge in [-0.05, 0) is 36.5 Å². The Kier molecular flexibility index (Phi) is 5.27. The number of hydrogen-bond donors (Lipinski definition) is 2. The summed E-state index contributed by atoms with van der Waals surface area (Å²) in [6, 6.07) is 7.22. The number of ketones is 1. The van der Waals surface area contributed by atoms with E-state index in [1.165, 1.54) is 0 Å². The zero-order chi connectivity index (χ0) is 25.2. The van der Waals surface area contributed by atoms with E-state index in [0.29, 0.717) is 30.1 Å². The quantitative estimate of drug-likeness (QED) is 0.528. The van der Waals surface area contributed by atoms with E-state index >= 15 is 0 Å². The summed E-state index contributed by atoms with van der Waals surface area (Å²) >= 11 is 0. The topological polar surface area (TPSA) is 135 Å². The average molecular weight is 490 g/mol. The first kappa shape index (κ1) is 22.9.